The summed E-state index contributed by atoms with van der Waals surface area (Å²) < 4.78 is 1.86. The number of aliphatic hydroxyl groups is 1. The van der Waals surface area contributed by atoms with Crippen LogP contribution in [0, 0.1) is 0 Å². The van der Waals surface area contributed by atoms with Gasteiger partial charge in [-0.1, -0.05) is 24.3 Å². The Labute approximate surface area is 117 Å². The van der Waals surface area contributed by atoms with Gasteiger partial charge in [0.1, 0.15) is 0 Å². The third kappa shape index (κ3) is 2.58. The molecule has 5 heteroatoms. The van der Waals surface area contributed by atoms with E-state index in [1.165, 1.54) is 0 Å². The van der Waals surface area contributed by atoms with E-state index in [2.05, 4.69) is 10.3 Å². The van der Waals surface area contributed by atoms with Crippen molar-refractivity contribution in [1.29, 1.82) is 0 Å². The number of carbonyl (C=O) groups excluding carboxylic acids is 1. The summed E-state index contributed by atoms with van der Waals surface area (Å²) >= 11 is 0. The Kier molecular flexibility index (Phi) is 3.52. The van der Waals surface area contributed by atoms with Crippen LogP contribution in [0.25, 0.3) is 0 Å². The standard InChI is InChI=1S/C15H17N3O2/c19-13-9-11-3-1-2-4-12(11)15(13)17-14(20)5-7-18-8-6-16-10-18/h1-4,6,8,10,13,15,19H,5,7,9H2,(H,17,20). The Bertz CT molecular complexity index is 595. The Balaban J connectivity index is 1.61. The second-order valence-electron chi connectivity index (χ2n) is 5.07. The zero-order valence-corrected chi connectivity index (χ0v) is 11.1. The molecular weight excluding hydrogens is 254 g/mol. The van der Waals surface area contributed by atoms with Crippen molar-refractivity contribution in [2.24, 2.45) is 0 Å². The van der Waals surface area contributed by atoms with E-state index < -0.39 is 6.10 Å². The molecule has 0 radical (unpaired) electrons. The fourth-order valence-electron chi connectivity index (χ4n) is 2.64. The van der Waals surface area contributed by atoms with E-state index in [4.69, 9.17) is 0 Å². The fourth-order valence-corrected chi connectivity index (χ4v) is 2.64. The van der Waals surface area contributed by atoms with Crippen LogP contribution in [0.15, 0.2) is 43.0 Å². The summed E-state index contributed by atoms with van der Waals surface area (Å²) in [5.74, 6) is -0.0561. The highest BCUT2D eigenvalue weighted by Gasteiger charge is 2.31. The molecule has 2 unspecified atom stereocenters. The van der Waals surface area contributed by atoms with E-state index in [-0.39, 0.29) is 11.9 Å². The lowest BCUT2D eigenvalue weighted by Gasteiger charge is -2.18. The molecule has 104 valence electrons. The van der Waals surface area contributed by atoms with E-state index in [1.807, 2.05) is 35.0 Å². The molecule has 1 heterocycles. The number of aromatic nitrogens is 2. The molecule has 0 saturated heterocycles. The average Bonchev–Trinajstić information content (AvgIpc) is 3.06. The molecule has 0 saturated carbocycles. The lowest BCUT2D eigenvalue weighted by molar-refractivity contribution is -0.122. The number of rotatable bonds is 4. The number of nitrogens with one attached hydrogen (secondary N) is 1. The molecule has 0 spiro atoms. The molecule has 1 aromatic carbocycles. The second kappa shape index (κ2) is 5.46. The van der Waals surface area contributed by atoms with Gasteiger partial charge in [-0.3, -0.25) is 4.79 Å². The van der Waals surface area contributed by atoms with Crippen LogP contribution in [0.1, 0.15) is 23.6 Å². The van der Waals surface area contributed by atoms with Gasteiger partial charge in [0.05, 0.1) is 18.5 Å². The quantitative estimate of drug-likeness (QED) is 0.873. The first kappa shape index (κ1) is 12.9. The molecule has 2 aromatic rings. The summed E-state index contributed by atoms with van der Waals surface area (Å²) in [5, 5.41) is 13.0. The van der Waals surface area contributed by atoms with Crippen molar-refractivity contribution in [3.8, 4) is 0 Å². The SMILES string of the molecule is O=C(CCn1ccnc1)NC1c2ccccc2CC1O. The Morgan fingerprint density at radius 3 is 3.10 bits per heavy atom. The maximum Gasteiger partial charge on any atom is 0.222 e. The minimum Gasteiger partial charge on any atom is -0.390 e. The van der Waals surface area contributed by atoms with Gasteiger partial charge in [-0.25, -0.2) is 4.98 Å². The van der Waals surface area contributed by atoms with Crippen LogP contribution in [0.5, 0.6) is 0 Å². The lowest BCUT2D eigenvalue weighted by atomic mass is 10.1. The first-order chi connectivity index (χ1) is 9.74. The van der Waals surface area contributed by atoms with Gasteiger partial charge in [0.15, 0.2) is 0 Å². The van der Waals surface area contributed by atoms with Gasteiger partial charge in [0, 0.05) is 31.8 Å². The van der Waals surface area contributed by atoms with Crippen LogP contribution >= 0.6 is 0 Å². The number of fused-ring (bicyclic) bond motifs is 1. The summed E-state index contributed by atoms with van der Waals surface area (Å²) in [6.07, 6.45) is 5.64. The Morgan fingerprint density at radius 2 is 2.30 bits per heavy atom. The Morgan fingerprint density at radius 1 is 1.45 bits per heavy atom. The number of carbonyl (C=O) groups is 1. The molecule has 1 aromatic heterocycles. The predicted molar refractivity (Wildman–Crippen MR) is 73.9 cm³/mol. The number of aryl methyl sites for hydroxylation is 1. The summed E-state index contributed by atoms with van der Waals surface area (Å²) in [6, 6.07) is 7.56. The zero-order valence-electron chi connectivity index (χ0n) is 11.1. The third-order valence-electron chi connectivity index (χ3n) is 3.68. The van der Waals surface area contributed by atoms with E-state index in [0.717, 1.165) is 11.1 Å². The van der Waals surface area contributed by atoms with Crippen molar-refractivity contribution in [2.45, 2.75) is 31.5 Å². The molecule has 1 amide bonds. The highest BCUT2D eigenvalue weighted by Crippen LogP contribution is 2.31. The molecule has 0 bridgehead atoms. The first-order valence-corrected chi connectivity index (χ1v) is 6.75. The van der Waals surface area contributed by atoms with Crippen LogP contribution < -0.4 is 5.32 Å². The predicted octanol–water partition coefficient (Wildman–Crippen LogP) is 1.05. The molecule has 1 aliphatic rings. The van der Waals surface area contributed by atoms with Gasteiger partial charge < -0.3 is 15.0 Å². The summed E-state index contributed by atoms with van der Waals surface area (Å²) in [4.78, 5) is 15.9. The van der Waals surface area contributed by atoms with Crippen molar-refractivity contribution >= 4 is 5.91 Å². The van der Waals surface area contributed by atoms with Gasteiger partial charge in [-0.15, -0.1) is 0 Å². The van der Waals surface area contributed by atoms with Crippen LogP contribution in [0.3, 0.4) is 0 Å². The molecule has 3 rings (SSSR count). The molecular formula is C15H17N3O2. The van der Waals surface area contributed by atoms with Crippen LogP contribution in [-0.4, -0.2) is 26.7 Å². The normalized spacial score (nSPS) is 20.6. The Hall–Kier alpha value is -2.14. The van der Waals surface area contributed by atoms with Gasteiger partial charge in [-0.2, -0.15) is 0 Å². The van der Waals surface area contributed by atoms with Gasteiger partial charge in [0.2, 0.25) is 5.91 Å². The molecule has 0 fully saturated rings. The topological polar surface area (TPSA) is 67.2 Å². The molecule has 20 heavy (non-hydrogen) atoms. The number of hydrogen-bond donors (Lipinski definition) is 2. The van der Waals surface area contributed by atoms with Crippen molar-refractivity contribution in [2.75, 3.05) is 0 Å². The maximum atomic E-state index is 12.0. The van der Waals surface area contributed by atoms with Crippen LogP contribution in [0.4, 0.5) is 0 Å². The van der Waals surface area contributed by atoms with Crippen molar-refractivity contribution in [3.63, 3.8) is 0 Å². The minimum atomic E-state index is -0.537. The number of benzene rings is 1. The van der Waals surface area contributed by atoms with Crippen LogP contribution in [0.2, 0.25) is 0 Å². The van der Waals surface area contributed by atoms with Crippen molar-refractivity contribution in [3.05, 3.63) is 54.1 Å². The van der Waals surface area contributed by atoms with E-state index in [0.29, 0.717) is 19.4 Å². The van der Waals surface area contributed by atoms with Gasteiger partial charge in [0.25, 0.3) is 0 Å². The average molecular weight is 271 g/mol. The molecule has 5 nitrogen and oxygen atoms in total. The summed E-state index contributed by atoms with van der Waals surface area (Å²) in [7, 11) is 0. The minimum absolute atomic E-state index is 0.0561. The van der Waals surface area contributed by atoms with Crippen LogP contribution in [-0.2, 0) is 17.8 Å². The number of nitrogens with zero attached hydrogens (tertiary/aromatic N) is 2. The largest absolute Gasteiger partial charge is 0.390 e. The van der Waals surface area contributed by atoms with E-state index in [9.17, 15) is 9.90 Å². The summed E-state index contributed by atoms with van der Waals surface area (Å²) in [6.45, 7) is 0.594. The summed E-state index contributed by atoms with van der Waals surface area (Å²) in [5.41, 5.74) is 2.14. The third-order valence-corrected chi connectivity index (χ3v) is 3.68. The molecule has 2 N–H and O–H groups in total. The highest BCUT2D eigenvalue weighted by molar-refractivity contribution is 5.76. The maximum absolute atomic E-state index is 12.0. The number of imidazole rings is 1. The number of aliphatic hydroxyl groups excluding tert-OH is 1. The fraction of sp³-hybridized carbons (Fsp3) is 0.333. The number of amides is 1. The number of hydrogen-bond acceptors (Lipinski definition) is 3. The van der Waals surface area contributed by atoms with E-state index in [1.54, 1.807) is 12.5 Å². The van der Waals surface area contributed by atoms with Crippen molar-refractivity contribution < 1.29 is 9.90 Å². The molecule has 2 atom stereocenters. The molecule has 1 aliphatic carbocycles. The van der Waals surface area contributed by atoms with Gasteiger partial charge >= 0.3 is 0 Å². The van der Waals surface area contributed by atoms with E-state index >= 15 is 0 Å². The second-order valence-corrected chi connectivity index (χ2v) is 5.07. The highest BCUT2D eigenvalue weighted by atomic mass is 16.3. The smallest absolute Gasteiger partial charge is 0.222 e. The first-order valence-electron chi connectivity index (χ1n) is 6.75. The molecule has 0 aliphatic heterocycles. The lowest BCUT2D eigenvalue weighted by Crippen LogP contribution is -2.34. The monoisotopic (exact) mass is 271 g/mol. The van der Waals surface area contributed by atoms with Gasteiger partial charge in [-0.05, 0) is 11.1 Å². The van der Waals surface area contributed by atoms with Crippen molar-refractivity contribution in [1.82, 2.24) is 14.9 Å². The zero-order chi connectivity index (χ0) is 13.9.